The van der Waals surface area contributed by atoms with Crippen molar-refractivity contribution >= 4 is 46.8 Å². The monoisotopic (exact) mass is 288 g/mol. The van der Waals surface area contributed by atoms with Crippen LogP contribution < -0.4 is 0 Å². The predicted octanol–water partition coefficient (Wildman–Crippen LogP) is 4.24. The number of imidazole rings is 1. The third-order valence-corrected chi connectivity index (χ3v) is 2.76. The molecule has 0 spiro atoms. The van der Waals surface area contributed by atoms with Crippen molar-refractivity contribution in [2.75, 3.05) is 0 Å². The largest absolute Gasteiger partial charge is 0.296 e. The fourth-order valence-corrected chi connectivity index (χ4v) is 1.76. The number of nitrogens with zero attached hydrogens (tertiary/aromatic N) is 2. The third kappa shape index (κ3) is 3.77. The van der Waals surface area contributed by atoms with E-state index in [-0.39, 0.29) is 12.4 Å². The van der Waals surface area contributed by atoms with Gasteiger partial charge in [-0.05, 0) is 17.2 Å². The molecule has 2 nitrogen and oxygen atoms in total. The molecule has 0 bridgehead atoms. The second-order valence-corrected chi connectivity index (χ2v) is 3.97. The van der Waals surface area contributed by atoms with Crippen molar-refractivity contribution in [1.29, 1.82) is 0 Å². The van der Waals surface area contributed by atoms with Gasteiger partial charge in [0.1, 0.15) is 5.16 Å². The average molecular weight is 290 g/mol. The molecule has 0 saturated carbocycles. The van der Waals surface area contributed by atoms with Crippen LogP contribution in [0.15, 0.2) is 43.0 Å². The lowest BCUT2D eigenvalue weighted by molar-refractivity contribution is 1.13. The Balaban J connectivity index is 0.00000144. The molecule has 0 aliphatic rings. The molecular formula is C12H11Cl3N2. The molecule has 17 heavy (non-hydrogen) atoms. The fraction of sp³-hybridized carbons (Fsp3) is 0.0833. The molecule has 2 aromatic rings. The topological polar surface area (TPSA) is 17.8 Å². The maximum absolute atomic E-state index is 6.13. The summed E-state index contributed by atoms with van der Waals surface area (Å²) in [5, 5.41) is 0.601. The molecule has 0 fully saturated rings. The first kappa shape index (κ1) is 14.1. The maximum atomic E-state index is 6.13. The summed E-state index contributed by atoms with van der Waals surface area (Å²) in [5.74, 6) is 0.504. The first-order chi connectivity index (χ1) is 7.79. The highest BCUT2D eigenvalue weighted by molar-refractivity contribution is 6.47. The van der Waals surface area contributed by atoms with Crippen molar-refractivity contribution in [2.45, 2.75) is 5.88 Å². The van der Waals surface area contributed by atoms with Gasteiger partial charge >= 0.3 is 0 Å². The zero-order chi connectivity index (χ0) is 11.4. The molecule has 0 amide bonds. The summed E-state index contributed by atoms with van der Waals surface area (Å²) in [7, 11) is 0. The fourth-order valence-electron chi connectivity index (χ4n) is 1.36. The molecule has 0 radical (unpaired) electrons. The van der Waals surface area contributed by atoms with Crippen LogP contribution in [0.1, 0.15) is 11.1 Å². The molecule has 1 aromatic heterocycles. The van der Waals surface area contributed by atoms with Gasteiger partial charge in [-0.15, -0.1) is 24.0 Å². The van der Waals surface area contributed by atoms with E-state index in [1.165, 1.54) is 0 Å². The van der Waals surface area contributed by atoms with Gasteiger partial charge < -0.3 is 0 Å². The zero-order valence-electron chi connectivity index (χ0n) is 8.88. The van der Waals surface area contributed by atoms with Crippen LogP contribution in [0.3, 0.4) is 0 Å². The SMILES string of the molecule is Cl.ClCc1cccc(C=C(Cl)n2ccnc2)c1. The van der Waals surface area contributed by atoms with E-state index in [1.54, 1.807) is 23.3 Å². The Labute approximate surface area is 116 Å². The first-order valence-electron chi connectivity index (χ1n) is 4.80. The molecule has 1 aromatic carbocycles. The Morgan fingerprint density at radius 2 is 2.24 bits per heavy atom. The van der Waals surface area contributed by atoms with Crippen molar-refractivity contribution in [3.05, 3.63) is 54.1 Å². The maximum Gasteiger partial charge on any atom is 0.114 e. The van der Waals surface area contributed by atoms with E-state index in [4.69, 9.17) is 23.2 Å². The summed E-state index contributed by atoms with van der Waals surface area (Å²) in [6.45, 7) is 0. The lowest BCUT2D eigenvalue weighted by Crippen LogP contribution is -1.86. The summed E-state index contributed by atoms with van der Waals surface area (Å²) in [5.41, 5.74) is 2.10. The van der Waals surface area contributed by atoms with Crippen LogP contribution >= 0.6 is 35.6 Å². The normalized spacial score (nSPS) is 11.1. The van der Waals surface area contributed by atoms with Crippen LogP contribution in [-0.2, 0) is 5.88 Å². The summed E-state index contributed by atoms with van der Waals surface area (Å²) in [4.78, 5) is 3.94. The van der Waals surface area contributed by atoms with Gasteiger partial charge in [-0.1, -0.05) is 35.9 Å². The van der Waals surface area contributed by atoms with Crippen molar-refractivity contribution in [3.8, 4) is 0 Å². The van der Waals surface area contributed by atoms with Gasteiger partial charge in [0.15, 0.2) is 0 Å². The number of hydrogen-bond donors (Lipinski definition) is 0. The van der Waals surface area contributed by atoms with Crippen LogP contribution in [-0.4, -0.2) is 9.55 Å². The predicted molar refractivity (Wildman–Crippen MR) is 75.5 cm³/mol. The van der Waals surface area contributed by atoms with Crippen LogP contribution in [0.25, 0.3) is 11.2 Å². The van der Waals surface area contributed by atoms with Crippen LogP contribution in [0.4, 0.5) is 0 Å². The first-order valence-corrected chi connectivity index (χ1v) is 5.71. The molecule has 0 saturated heterocycles. The van der Waals surface area contributed by atoms with Gasteiger partial charge in [-0.2, -0.15) is 0 Å². The van der Waals surface area contributed by atoms with Gasteiger partial charge in [-0.25, -0.2) is 4.98 Å². The molecular weight excluding hydrogens is 279 g/mol. The molecule has 0 aliphatic carbocycles. The number of halogens is 3. The Hall–Kier alpha value is -0.960. The number of rotatable bonds is 3. The number of benzene rings is 1. The molecule has 90 valence electrons. The van der Waals surface area contributed by atoms with E-state index < -0.39 is 0 Å². The molecule has 5 heteroatoms. The van der Waals surface area contributed by atoms with Crippen molar-refractivity contribution in [3.63, 3.8) is 0 Å². The van der Waals surface area contributed by atoms with Gasteiger partial charge in [-0.3, -0.25) is 4.57 Å². The number of alkyl halides is 1. The Bertz CT molecular complexity index is 492. The minimum absolute atomic E-state index is 0. The summed E-state index contributed by atoms with van der Waals surface area (Å²) in [6, 6.07) is 7.93. The highest BCUT2D eigenvalue weighted by Crippen LogP contribution is 2.16. The standard InChI is InChI=1S/C12H10Cl2N2.ClH/c13-8-11-3-1-2-10(6-11)7-12(14)16-5-4-15-9-16;/h1-7,9H,8H2;1H. The van der Waals surface area contributed by atoms with Crippen molar-refractivity contribution in [1.82, 2.24) is 9.55 Å². The zero-order valence-corrected chi connectivity index (χ0v) is 11.2. The Morgan fingerprint density at radius 1 is 1.41 bits per heavy atom. The Kier molecular flexibility index (Phi) is 5.56. The molecule has 0 aliphatic heterocycles. The minimum Gasteiger partial charge on any atom is -0.296 e. The quantitative estimate of drug-likeness (QED) is 0.773. The molecule has 0 unspecified atom stereocenters. The van der Waals surface area contributed by atoms with Gasteiger partial charge in [0.05, 0.1) is 6.33 Å². The van der Waals surface area contributed by atoms with Gasteiger partial charge in [0.25, 0.3) is 0 Å². The second-order valence-electron chi connectivity index (χ2n) is 3.32. The average Bonchev–Trinajstić information content (AvgIpc) is 2.83. The second kappa shape index (κ2) is 6.70. The van der Waals surface area contributed by atoms with Gasteiger partial charge in [0.2, 0.25) is 0 Å². The lowest BCUT2D eigenvalue weighted by Gasteiger charge is -2.01. The van der Waals surface area contributed by atoms with E-state index in [2.05, 4.69) is 4.98 Å². The number of hydrogen-bond acceptors (Lipinski definition) is 1. The van der Waals surface area contributed by atoms with E-state index in [1.807, 2.05) is 30.3 Å². The third-order valence-electron chi connectivity index (χ3n) is 2.14. The van der Waals surface area contributed by atoms with Crippen molar-refractivity contribution in [2.24, 2.45) is 0 Å². The van der Waals surface area contributed by atoms with Crippen LogP contribution in [0.5, 0.6) is 0 Å². The van der Waals surface area contributed by atoms with Gasteiger partial charge in [0, 0.05) is 18.3 Å². The minimum atomic E-state index is 0. The lowest BCUT2D eigenvalue weighted by atomic mass is 10.1. The Morgan fingerprint density at radius 3 is 2.88 bits per heavy atom. The number of aromatic nitrogens is 2. The van der Waals surface area contributed by atoms with E-state index >= 15 is 0 Å². The van der Waals surface area contributed by atoms with E-state index in [0.29, 0.717) is 11.0 Å². The van der Waals surface area contributed by atoms with Crippen LogP contribution in [0, 0.1) is 0 Å². The molecule has 2 rings (SSSR count). The summed E-state index contributed by atoms with van der Waals surface area (Å²) in [6.07, 6.45) is 7.01. The smallest absolute Gasteiger partial charge is 0.114 e. The summed E-state index contributed by atoms with van der Waals surface area (Å²) >= 11 is 11.9. The highest BCUT2D eigenvalue weighted by atomic mass is 35.5. The van der Waals surface area contributed by atoms with E-state index in [0.717, 1.165) is 11.1 Å². The molecule has 0 atom stereocenters. The molecule has 1 heterocycles. The molecule has 0 N–H and O–H groups in total. The summed E-state index contributed by atoms with van der Waals surface area (Å²) < 4.78 is 1.74. The van der Waals surface area contributed by atoms with Crippen molar-refractivity contribution < 1.29 is 0 Å². The van der Waals surface area contributed by atoms with Crippen LogP contribution in [0.2, 0.25) is 0 Å². The highest BCUT2D eigenvalue weighted by Gasteiger charge is 1.97. The van der Waals surface area contributed by atoms with E-state index in [9.17, 15) is 0 Å².